The first kappa shape index (κ1) is 8.44. The Morgan fingerprint density at radius 3 is 3.08 bits per heavy atom. The fourth-order valence-electron chi connectivity index (χ4n) is 0.819. The summed E-state index contributed by atoms with van der Waals surface area (Å²) in [5.41, 5.74) is 1.57. The highest BCUT2D eigenvalue weighted by atomic mass is 16.3. The number of nitrogens with zero attached hydrogens (tertiary/aromatic N) is 2. The lowest BCUT2D eigenvalue weighted by atomic mass is 10.2. The van der Waals surface area contributed by atoms with Gasteiger partial charge in [-0.1, -0.05) is 0 Å². The molecule has 3 heteroatoms. The quantitative estimate of drug-likeness (QED) is 0.659. The summed E-state index contributed by atoms with van der Waals surface area (Å²) < 4.78 is 0. The van der Waals surface area contributed by atoms with Gasteiger partial charge < -0.3 is 5.11 Å². The van der Waals surface area contributed by atoms with E-state index in [0.717, 1.165) is 11.1 Å². The van der Waals surface area contributed by atoms with Gasteiger partial charge in [0.1, 0.15) is 0 Å². The third-order valence-corrected chi connectivity index (χ3v) is 1.35. The average Bonchev–Trinajstić information content (AvgIpc) is 2.15. The van der Waals surface area contributed by atoms with Crippen molar-refractivity contribution in [1.82, 2.24) is 4.98 Å². The SMILES string of the molecule is N#CC=Cc1cncc(CO)c1. The van der Waals surface area contributed by atoms with Gasteiger partial charge in [0.25, 0.3) is 0 Å². The smallest absolute Gasteiger partial charge is 0.0912 e. The standard InChI is InChI=1S/C9H8N2O/c10-3-1-2-8-4-9(7-12)6-11-5-8/h1-2,4-6,12H,7H2. The van der Waals surface area contributed by atoms with Gasteiger partial charge >= 0.3 is 0 Å². The molecule has 0 bridgehead atoms. The lowest BCUT2D eigenvalue weighted by Gasteiger charge is -1.95. The van der Waals surface area contributed by atoms with Crippen molar-refractivity contribution in [2.24, 2.45) is 0 Å². The van der Waals surface area contributed by atoms with Crippen molar-refractivity contribution in [3.63, 3.8) is 0 Å². The van der Waals surface area contributed by atoms with E-state index in [1.54, 1.807) is 24.5 Å². The minimum atomic E-state index is -0.0266. The van der Waals surface area contributed by atoms with E-state index in [1.807, 2.05) is 6.07 Å². The van der Waals surface area contributed by atoms with E-state index in [2.05, 4.69) is 4.98 Å². The Balaban J connectivity index is 2.88. The first-order valence-corrected chi connectivity index (χ1v) is 3.48. The molecule has 12 heavy (non-hydrogen) atoms. The van der Waals surface area contributed by atoms with Crippen molar-refractivity contribution in [3.05, 3.63) is 35.7 Å². The van der Waals surface area contributed by atoms with Crippen LogP contribution in [0.2, 0.25) is 0 Å². The molecule has 0 aliphatic rings. The van der Waals surface area contributed by atoms with Crippen LogP contribution in [0.15, 0.2) is 24.5 Å². The van der Waals surface area contributed by atoms with Crippen molar-refractivity contribution < 1.29 is 5.11 Å². The number of aliphatic hydroxyl groups is 1. The first-order chi connectivity index (χ1) is 5.86. The van der Waals surface area contributed by atoms with E-state index in [-0.39, 0.29) is 6.61 Å². The molecule has 1 heterocycles. The Bertz CT molecular complexity index is 326. The number of hydrogen-bond donors (Lipinski definition) is 1. The molecule has 1 N–H and O–H groups in total. The fraction of sp³-hybridized carbons (Fsp3) is 0.111. The van der Waals surface area contributed by atoms with E-state index in [0.29, 0.717) is 0 Å². The Hall–Kier alpha value is -1.66. The number of aromatic nitrogens is 1. The summed E-state index contributed by atoms with van der Waals surface area (Å²) in [6, 6.07) is 3.66. The zero-order valence-electron chi connectivity index (χ0n) is 6.44. The summed E-state index contributed by atoms with van der Waals surface area (Å²) >= 11 is 0. The number of rotatable bonds is 2. The number of nitriles is 1. The molecule has 0 amide bonds. The van der Waals surface area contributed by atoms with Gasteiger partial charge in [0.2, 0.25) is 0 Å². The van der Waals surface area contributed by atoms with Crippen LogP contribution in [-0.4, -0.2) is 10.1 Å². The summed E-state index contributed by atoms with van der Waals surface area (Å²) in [7, 11) is 0. The average molecular weight is 160 g/mol. The second-order valence-electron chi connectivity index (χ2n) is 2.25. The molecule has 0 spiro atoms. The predicted molar refractivity (Wildman–Crippen MR) is 44.8 cm³/mol. The van der Waals surface area contributed by atoms with Gasteiger partial charge in [-0.05, 0) is 23.3 Å². The molecule has 0 aromatic carbocycles. The minimum absolute atomic E-state index is 0.0266. The van der Waals surface area contributed by atoms with Gasteiger partial charge in [-0.15, -0.1) is 0 Å². The Morgan fingerprint density at radius 2 is 2.42 bits per heavy atom. The second-order valence-corrected chi connectivity index (χ2v) is 2.25. The molecule has 1 aromatic rings. The van der Waals surface area contributed by atoms with Gasteiger partial charge in [0.15, 0.2) is 0 Å². The van der Waals surface area contributed by atoms with Crippen LogP contribution < -0.4 is 0 Å². The van der Waals surface area contributed by atoms with E-state index in [1.165, 1.54) is 6.08 Å². The number of pyridine rings is 1. The van der Waals surface area contributed by atoms with Gasteiger partial charge in [0.05, 0.1) is 12.7 Å². The monoisotopic (exact) mass is 160 g/mol. The summed E-state index contributed by atoms with van der Waals surface area (Å²) in [5.74, 6) is 0. The van der Waals surface area contributed by atoms with Gasteiger partial charge in [-0.3, -0.25) is 4.98 Å². The topological polar surface area (TPSA) is 56.9 Å². The molecule has 0 unspecified atom stereocenters. The lowest BCUT2D eigenvalue weighted by Crippen LogP contribution is -1.85. The molecular formula is C9H8N2O. The van der Waals surface area contributed by atoms with Crippen molar-refractivity contribution >= 4 is 6.08 Å². The Morgan fingerprint density at radius 1 is 1.58 bits per heavy atom. The van der Waals surface area contributed by atoms with Crippen molar-refractivity contribution in [1.29, 1.82) is 5.26 Å². The number of hydrogen-bond acceptors (Lipinski definition) is 3. The molecule has 0 aliphatic carbocycles. The summed E-state index contributed by atoms with van der Waals surface area (Å²) in [6.45, 7) is -0.0266. The number of allylic oxidation sites excluding steroid dienone is 1. The van der Waals surface area contributed by atoms with E-state index < -0.39 is 0 Å². The third kappa shape index (κ3) is 2.19. The van der Waals surface area contributed by atoms with E-state index in [9.17, 15) is 0 Å². The van der Waals surface area contributed by atoms with Crippen molar-refractivity contribution in [2.75, 3.05) is 0 Å². The molecular weight excluding hydrogens is 152 g/mol. The van der Waals surface area contributed by atoms with Gasteiger partial charge in [-0.2, -0.15) is 5.26 Å². The minimum Gasteiger partial charge on any atom is -0.392 e. The van der Waals surface area contributed by atoms with Crippen LogP contribution in [0.5, 0.6) is 0 Å². The highest BCUT2D eigenvalue weighted by Crippen LogP contribution is 2.03. The molecule has 1 aromatic heterocycles. The summed E-state index contributed by atoms with van der Waals surface area (Å²) in [6.07, 6.45) is 6.24. The zero-order valence-corrected chi connectivity index (χ0v) is 6.44. The largest absolute Gasteiger partial charge is 0.392 e. The number of aliphatic hydroxyl groups excluding tert-OH is 1. The van der Waals surface area contributed by atoms with Crippen LogP contribution in [0.3, 0.4) is 0 Å². The molecule has 60 valence electrons. The fourth-order valence-corrected chi connectivity index (χ4v) is 0.819. The highest BCUT2D eigenvalue weighted by Gasteiger charge is 1.90. The van der Waals surface area contributed by atoms with E-state index >= 15 is 0 Å². The molecule has 1 rings (SSSR count). The molecule has 0 atom stereocenters. The molecule has 0 saturated carbocycles. The highest BCUT2D eigenvalue weighted by molar-refractivity contribution is 5.51. The van der Waals surface area contributed by atoms with Crippen LogP contribution in [0.25, 0.3) is 6.08 Å². The maximum atomic E-state index is 8.76. The maximum Gasteiger partial charge on any atom is 0.0912 e. The molecule has 3 nitrogen and oxygen atoms in total. The second kappa shape index (κ2) is 4.27. The van der Waals surface area contributed by atoms with Gasteiger partial charge in [-0.25, -0.2) is 0 Å². The van der Waals surface area contributed by atoms with Crippen molar-refractivity contribution in [3.8, 4) is 6.07 Å². The predicted octanol–water partition coefficient (Wildman–Crippen LogP) is 1.11. The summed E-state index contributed by atoms with van der Waals surface area (Å²) in [4.78, 5) is 3.89. The third-order valence-electron chi connectivity index (χ3n) is 1.35. The summed E-state index contributed by atoms with van der Waals surface area (Å²) in [5, 5.41) is 17.0. The van der Waals surface area contributed by atoms with Crippen LogP contribution in [-0.2, 0) is 6.61 Å². The molecule has 0 radical (unpaired) electrons. The molecule has 0 saturated heterocycles. The zero-order chi connectivity index (χ0) is 8.81. The van der Waals surface area contributed by atoms with Crippen LogP contribution in [0, 0.1) is 11.3 Å². The first-order valence-electron chi connectivity index (χ1n) is 3.48. The normalized spacial score (nSPS) is 10.0. The van der Waals surface area contributed by atoms with Crippen LogP contribution in [0.1, 0.15) is 11.1 Å². The van der Waals surface area contributed by atoms with E-state index in [4.69, 9.17) is 10.4 Å². The molecule has 0 fully saturated rings. The molecule has 0 aliphatic heterocycles. The van der Waals surface area contributed by atoms with Crippen LogP contribution in [0.4, 0.5) is 0 Å². The van der Waals surface area contributed by atoms with Crippen LogP contribution >= 0.6 is 0 Å². The Kier molecular flexibility index (Phi) is 3.00. The maximum absolute atomic E-state index is 8.76. The Labute approximate surface area is 70.6 Å². The lowest BCUT2D eigenvalue weighted by molar-refractivity contribution is 0.281. The van der Waals surface area contributed by atoms with Crippen molar-refractivity contribution in [2.45, 2.75) is 6.61 Å². The van der Waals surface area contributed by atoms with Gasteiger partial charge in [0, 0.05) is 18.5 Å².